The maximum atomic E-state index is 5.24. The van der Waals surface area contributed by atoms with Crippen LogP contribution < -0.4 is 10.1 Å². The lowest BCUT2D eigenvalue weighted by Gasteiger charge is -2.36. The fourth-order valence-corrected chi connectivity index (χ4v) is 2.20. The molecule has 2 rings (SSSR count). The van der Waals surface area contributed by atoms with E-state index < -0.39 is 0 Å². The van der Waals surface area contributed by atoms with Gasteiger partial charge in [-0.1, -0.05) is 18.2 Å². The van der Waals surface area contributed by atoms with E-state index in [0.29, 0.717) is 12.0 Å². The first-order valence-corrected chi connectivity index (χ1v) is 5.81. The molecule has 86 valence electrons. The number of benzene rings is 1. The van der Waals surface area contributed by atoms with Gasteiger partial charge in [0.2, 0.25) is 0 Å². The summed E-state index contributed by atoms with van der Waals surface area (Å²) in [5.41, 5.74) is 1.40. The fraction of sp³-hybridized carbons (Fsp3) is 0.429. The summed E-state index contributed by atoms with van der Waals surface area (Å²) in [6, 6.07) is 9.06. The second-order valence-corrected chi connectivity index (χ2v) is 4.34. The highest BCUT2D eigenvalue weighted by Crippen LogP contribution is 2.37. The third kappa shape index (κ3) is 2.45. The van der Waals surface area contributed by atoms with Gasteiger partial charge >= 0.3 is 0 Å². The summed E-state index contributed by atoms with van der Waals surface area (Å²) in [5, 5.41) is 3.45. The van der Waals surface area contributed by atoms with Crippen molar-refractivity contribution in [3.63, 3.8) is 0 Å². The molecule has 1 fully saturated rings. The highest BCUT2D eigenvalue weighted by Gasteiger charge is 2.29. The van der Waals surface area contributed by atoms with E-state index in [2.05, 4.69) is 30.1 Å². The van der Waals surface area contributed by atoms with Gasteiger partial charge in [-0.2, -0.15) is 0 Å². The zero-order valence-corrected chi connectivity index (χ0v) is 9.78. The number of methoxy groups -OCH3 is 1. The summed E-state index contributed by atoms with van der Waals surface area (Å²) in [4.78, 5) is 0. The van der Waals surface area contributed by atoms with Gasteiger partial charge in [-0.15, -0.1) is 6.58 Å². The van der Waals surface area contributed by atoms with Crippen LogP contribution >= 0.6 is 0 Å². The Balaban J connectivity index is 1.88. The molecule has 1 aliphatic carbocycles. The molecule has 0 aromatic heterocycles. The van der Waals surface area contributed by atoms with E-state index in [1.165, 1.54) is 18.4 Å². The van der Waals surface area contributed by atoms with Gasteiger partial charge in [0.25, 0.3) is 0 Å². The van der Waals surface area contributed by atoms with E-state index in [4.69, 9.17) is 4.74 Å². The summed E-state index contributed by atoms with van der Waals surface area (Å²) in [5.74, 6) is 1.65. The fourth-order valence-electron chi connectivity index (χ4n) is 2.20. The smallest absolute Gasteiger partial charge is 0.119 e. The van der Waals surface area contributed by atoms with Gasteiger partial charge in [0.15, 0.2) is 0 Å². The van der Waals surface area contributed by atoms with Crippen LogP contribution in [-0.4, -0.2) is 19.7 Å². The Morgan fingerprint density at radius 1 is 1.50 bits per heavy atom. The predicted molar refractivity (Wildman–Crippen MR) is 67.0 cm³/mol. The first-order chi connectivity index (χ1) is 7.83. The summed E-state index contributed by atoms with van der Waals surface area (Å²) in [7, 11) is 1.72. The van der Waals surface area contributed by atoms with Crippen LogP contribution in [0.5, 0.6) is 5.75 Å². The number of nitrogens with one attached hydrogen (secondary N) is 1. The first-order valence-electron chi connectivity index (χ1n) is 5.81. The minimum Gasteiger partial charge on any atom is -0.497 e. The molecule has 1 aliphatic rings. The molecule has 1 aromatic carbocycles. The van der Waals surface area contributed by atoms with Crippen LogP contribution in [0.2, 0.25) is 0 Å². The number of hydrogen-bond acceptors (Lipinski definition) is 2. The van der Waals surface area contributed by atoms with Gasteiger partial charge in [0.1, 0.15) is 5.75 Å². The van der Waals surface area contributed by atoms with Crippen molar-refractivity contribution in [3.05, 3.63) is 42.5 Å². The van der Waals surface area contributed by atoms with Crippen LogP contribution in [0.3, 0.4) is 0 Å². The van der Waals surface area contributed by atoms with Gasteiger partial charge in [-0.3, -0.25) is 0 Å². The van der Waals surface area contributed by atoms with Crippen molar-refractivity contribution >= 4 is 0 Å². The SMILES string of the molecule is C=CCNC1CC(c2cccc(OC)c2)C1. The molecule has 0 unspecified atom stereocenters. The molecule has 1 N–H and O–H groups in total. The third-order valence-electron chi connectivity index (χ3n) is 3.25. The molecule has 0 saturated heterocycles. The van der Waals surface area contributed by atoms with E-state index in [9.17, 15) is 0 Å². The van der Waals surface area contributed by atoms with Crippen LogP contribution in [0.25, 0.3) is 0 Å². The predicted octanol–water partition coefficient (Wildman–Crippen LogP) is 2.72. The van der Waals surface area contributed by atoms with Crippen LogP contribution in [0.1, 0.15) is 24.3 Å². The molecule has 0 heterocycles. The van der Waals surface area contributed by atoms with Crippen molar-refractivity contribution in [2.24, 2.45) is 0 Å². The topological polar surface area (TPSA) is 21.3 Å². The molecule has 16 heavy (non-hydrogen) atoms. The summed E-state index contributed by atoms with van der Waals surface area (Å²) < 4.78 is 5.24. The summed E-state index contributed by atoms with van der Waals surface area (Å²) >= 11 is 0. The maximum Gasteiger partial charge on any atom is 0.119 e. The van der Waals surface area contributed by atoms with Crippen LogP contribution in [0, 0.1) is 0 Å². The molecule has 2 heteroatoms. The molecule has 0 radical (unpaired) electrons. The van der Waals surface area contributed by atoms with Crippen molar-refractivity contribution in [1.29, 1.82) is 0 Å². The van der Waals surface area contributed by atoms with E-state index in [1.54, 1.807) is 7.11 Å². The van der Waals surface area contributed by atoms with Crippen LogP contribution in [-0.2, 0) is 0 Å². The molecule has 0 aliphatic heterocycles. The molecule has 0 bridgehead atoms. The molecule has 1 aromatic rings. The second-order valence-electron chi connectivity index (χ2n) is 4.34. The molecule has 0 spiro atoms. The zero-order valence-electron chi connectivity index (χ0n) is 9.78. The van der Waals surface area contributed by atoms with E-state index in [1.807, 2.05) is 12.1 Å². The zero-order chi connectivity index (χ0) is 11.4. The third-order valence-corrected chi connectivity index (χ3v) is 3.25. The van der Waals surface area contributed by atoms with Crippen molar-refractivity contribution in [2.75, 3.05) is 13.7 Å². The number of rotatable bonds is 5. The minimum absolute atomic E-state index is 0.661. The highest BCUT2D eigenvalue weighted by molar-refractivity contribution is 5.32. The highest BCUT2D eigenvalue weighted by atomic mass is 16.5. The molecule has 0 atom stereocenters. The lowest BCUT2D eigenvalue weighted by molar-refractivity contribution is 0.299. The number of hydrogen-bond donors (Lipinski definition) is 1. The van der Waals surface area contributed by atoms with Crippen LogP contribution in [0.15, 0.2) is 36.9 Å². The maximum absolute atomic E-state index is 5.24. The average molecular weight is 217 g/mol. The van der Waals surface area contributed by atoms with Crippen molar-refractivity contribution in [2.45, 2.75) is 24.8 Å². The quantitative estimate of drug-likeness (QED) is 0.766. The largest absolute Gasteiger partial charge is 0.497 e. The lowest BCUT2D eigenvalue weighted by atomic mass is 9.76. The molecular formula is C14H19NO. The monoisotopic (exact) mass is 217 g/mol. The summed E-state index contributed by atoms with van der Waals surface area (Å²) in [6.45, 7) is 4.62. The Morgan fingerprint density at radius 2 is 2.31 bits per heavy atom. The Morgan fingerprint density at radius 3 is 3.00 bits per heavy atom. The Bertz CT molecular complexity index is 356. The molecule has 2 nitrogen and oxygen atoms in total. The molecular weight excluding hydrogens is 198 g/mol. The van der Waals surface area contributed by atoms with Gasteiger partial charge in [0, 0.05) is 12.6 Å². The van der Waals surface area contributed by atoms with Gasteiger partial charge < -0.3 is 10.1 Å². The van der Waals surface area contributed by atoms with Crippen molar-refractivity contribution in [1.82, 2.24) is 5.32 Å². The standard InChI is InChI=1S/C14H19NO/c1-3-7-15-13-8-12(9-13)11-5-4-6-14(10-11)16-2/h3-6,10,12-13,15H,1,7-9H2,2H3. The van der Waals surface area contributed by atoms with Gasteiger partial charge in [0.05, 0.1) is 7.11 Å². The van der Waals surface area contributed by atoms with Gasteiger partial charge in [-0.25, -0.2) is 0 Å². The lowest BCUT2D eigenvalue weighted by Crippen LogP contribution is -2.40. The van der Waals surface area contributed by atoms with Gasteiger partial charge in [-0.05, 0) is 36.5 Å². The van der Waals surface area contributed by atoms with Crippen molar-refractivity contribution < 1.29 is 4.74 Å². The van der Waals surface area contributed by atoms with E-state index in [0.717, 1.165) is 12.3 Å². The Labute approximate surface area is 97.3 Å². The van der Waals surface area contributed by atoms with E-state index in [-0.39, 0.29) is 0 Å². The average Bonchev–Trinajstić information content (AvgIpc) is 2.27. The normalized spacial score (nSPS) is 23.6. The Hall–Kier alpha value is -1.28. The van der Waals surface area contributed by atoms with Crippen molar-refractivity contribution in [3.8, 4) is 5.75 Å². The van der Waals surface area contributed by atoms with Crippen LogP contribution in [0.4, 0.5) is 0 Å². The first kappa shape index (κ1) is 11.2. The molecule has 1 saturated carbocycles. The second kappa shape index (κ2) is 5.17. The van der Waals surface area contributed by atoms with E-state index >= 15 is 0 Å². The minimum atomic E-state index is 0.661. The summed E-state index contributed by atoms with van der Waals surface area (Å²) in [6.07, 6.45) is 4.36. The number of ether oxygens (including phenoxy) is 1. The molecule has 0 amide bonds. The Kier molecular flexibility index (Phi) is 3.62.